The molecule has 0 aliphatic carbocycles. The molecule has 4 nitrogen and oxygen atoms in total. The first-order valence-corrected chi connectivity index (χ1v) is 3.77. The van der Waals surface area contributed by atoms with Crippen LogP contribution in [-0.2, 0) is 4.65 Å². The Kier molecular flexibility index (Phi) is 4.54. The molecule has 0 aromatic heterocycles. The summed E-state index contributed by atoms with van der Waals surface area (Å²) in [7, 11) is 0. The number of hydrogen-bond donors (Lipinski definition) is 0. The summed E-state index contributed by atoms with van der Waals surface area (Å²) in [5.41, 5.74) is 0. The van der Waals surface area contributed by atoms with Crippen LogP contribution in [0.4, 0.5) is 0 Å². The van der Waals surface area contributed by atoms with E-state index in [0.717, 1.165) is 12.8 Å². The minimum atomic E-state index is -2.55. The van der Waals surface area contributed by atoms with Gasteiger partial charge in [-0.25, -0.2) is 15.8 Å². The van der Waals surface area contributed by atoms with Gasteiger partial charge >= 0.3 is 6.35 Å². The highest BCUT2D eigenvalue weighted by molar-refractivity contribution is 6.94. The van der Waals surface area contributed by atoms with Crippen molar-refractivity contribution >= 4 is 6.35 Å². The molecule has 0 amide bonds. The van der Waals surface area contributed by atoms with Crippen molar-refractivity contribution in [2.45, 2.75) is 19.8 Å². The topological polar surface area (TPSA) is 80.6 Å². The molecule has 5 heteroatoms. The van der Waals surface area contributed by atoms with Gasteiger partial charge in [-0.05, 0) is 6.42 Å². The lowest BCUT2D eigenvalue weighted by Crippen LogP contribution is -2.34. The first-order valence-electron chi connectivity index (χ1n) is 3.77. The van der Waals surface area contributed by atoms with Gasteiger partial charge in [0.15, 0.2) is 0 Å². The quantitative estimate of drug-likeness (QED) is 0.454. The lowest BCUT2D eigenvalue weighted by atomic mass is 9.45. The van der Waals surface area contributed by atoms with Gasteiger partial charge in [-0.15, -0.1) is 0 Å². The van der Waals surface area contributed by atoms with Crippen molar-refractivity contribution in [1.82, 2.24) is 0 Å². The normalized spacial score (nSPS) is 9.50. The number of rotatable bonds is 4. The molecule has 0 aliphatic rings. The third-order valence-corrected chi connectivity index (χ3v) is 1.41. The van der Waals surface area contributed by atoms with Gasteiger partial charge in [0.25, 0.3) is 0 Å². The van der Waals surface area contributed by atoms with Crippen molar-refractivity contribution < 1.29 is 4.65 Å². The van der Waals surface area contributed by atoms with Gasteiger partial charge < -0.3 is 4.65 Å². The van der Waals surface area contributed by atoms with Crippen molar-refractivity contribution in [1.29, 1.82) is 15.8 Å². The van der Waals surface area contributed by atoms with Crippen molar-refractivity contribution in [3.05, 3.63) is 0 Å². The van der Waals surface area contributed by atoms with E-state index in [9.17, 15) is 0 Å². The second-order valence-corrected chi connectivity index (χ2v) is 2.40. The maximum absolute atomic E-state index is 8.48. The highest BCUT2D eigenvalue weighted by Gasteiger charge is 2.24. The largest absolute Gasteiger partial charge is 0.557 e. The van der Waals surface area contributed by atoms with Crippen molar-refractivity contribution in [3.63, 3.8) is 0 Å². The first-order chi connectivity index (χ1) is 5.74. The second-order valence-electron chi connectivity index (χ2n) is 2.40. The molecule has 0 fully saturated rings. The fourth-order valence-corrected chi connectivity index (χ4v) is 0.603. The van der Waals surface area contributed by atoms with E-state index in [-0.39, 0.29) is 0 Å². The molecular weight excluding hydrogens is 153 g/mol. The third kappa shape index (κ3) is 2.62. The van der Waals surface area contributed by atoms with E-state index in [1.54, 1.807) is 17.9 Å². The Morgan fingerprint density at radius 3 is 2.00 bits per heavy atom. The van der Waals surface area contributed by atoms with E-state index < -0.39 is 6.35 Å². The van der Waals surface area contributed by atoms with Gasteiger partial charge in [-0.1, -0.05) is 31.3 Å². The molecule has 0 bridgehead atoms. The van der Waals surface area contributed by atoms with Gasteiger partial charge in [0.1, 0.15) is 0 Å². The lowest BCUT2D eigenvalue weighted by molar-refractivity contribution is 0.315. The molecule has 0 atom stereocenters. The van der Waals surface area contributed by atoms with E-state index in [0.29, 0.717) is 6.61 Å². The molecule has 0 aromatic carbocycles. The van der Waals surface area contributed by atoms with Crippen LogP contribution in [0.15, 0.2) is 0 Å². The van der Waals surface area contributed by atoms with Gasteiger partial charge in [0.2, 0.25) is 0 Å². The average Bonchev–Trinajstić information content (AvgIpc) is 2.14. The van der Waals surface area contributed by atoms with E-state index in [1.165, 1.54) is 0 Å². The Hall–Kier alpha value is -1.51. The van der Waals surface area contributed by atoms with Gasteiger partial charge in [-0.2, -0.15) is 0 Å². The maximum Gasteiger partial charge on any atom is 0.408 e. The zero-order chi connectivity index (χ0) is 9.45. The summed E-state index contributed by atoms with van der Waals surface area (Å²) in [6, 6.07) is 0. The molecule has 0 saturated heterocycles. The molecule has 0 aromatic rings. The molecule has 0 heterocycles. The SMILES string of the molecule is CCCCO[B-](C#N)(C#N)C#N. The fraction of sp³-hybridized carbons (Fsp3) is 0.571. The summed E-state index contributed by atoms with van der Waals surface area (Å²) in [5, 5.41) is 25.5. The highest BCUT2D eigenvalue weighted by atomic mass is 16.4. The van der Waals surface area contributed by atoms with Crippen LogP contribution >= 0.6 is 0 Å². The summed E-state index contributed by atoms with van der Waals surface area (Å²) in [4.78, 5) is 0. The van der Waals surface area contributed by atoms with Gasteiger partial charge in [0, 0.05) is 6.61 Å². The Morgan fingerprint density at radius 2 is 1.67 bits per heavy atom. The first kappa shape index (κ1) is 10.5. The van der Waals surface area contributed by atoms with Crippen molar-refractivity contribution in [2.75, 3.05) is 6.61 Å². The molecule has 62 valence electrons. The smallest absolute Gasteiger partial charge is 0.408 e. The number of nitriles is 3. The van der Waals surface area contributed by atoms with Crippen LogP contribution in [0.2, 0.25) is 0 Å². The van der Waals surface area contributed by atoms with Crippen LogP contribution in [0.3, 0.4) is 0 Å². The summed E-state index contributed by atoms with van der Waals surface area (Å²) in [6.07, 6.45) is -0.882. The second kappa shape index (κ2) is 5.19. The lowest BCUT2D eigenvalue weighted by Gasteiger charge is -2.18. The maximum atomic E-state index is 8.48. The molecule has 0 saturated carbocycles. The highest BCUT2D eigenvalue weighted by Crippen LogP contribution is 2.02. The molecule has 0 rings (SSSR count). The Labute approximate surface area is 71.9 Å². The summed E-state index contributed by atoms with van der Waals surface area (Å²) >= 11 is 0. The van der Waals surface area contributed by atoms with E-state index in [2.05, 4.69) is 0 Å². The van der Waals surface area contributed by atoms with E-state index in [4.69, 9.17) is 20.4 Å². The number of hydrogen-bond acceptors (Lipinski definition) is 4. The Morgan fingerprint density at radius 1 is 1.17 bits per heavy atom. The van der Waals surface area contributed by atoms with Crippen LogP contribution in [0.5, 0.6) is 0 Å². The predicted molar refractivity (Wildman–Crippen MR) is 43.5 cm³/mol. The van der Waals surface area contributed by atoms with Crippen LogP contribution in [0.1, 0.15) is 19.8 Å². The van der Waals surface area contributed by atoms with Crippen LogP contribution in [0, 0.1) is 33.7 Å². The predicted octanol–water partition coefficient (Wildman–Crippen LogP) is 0.937. The number of unbranched alkanes of at least 4 members (excludes halogenated alkanes) is 1. The molecule has 0 aliphatic heterocycles. The zero-order valence-electron chi connectivity index (χ0n) is 6.95. The van der Waals surface area contributed by atoms with Gasteiger partial charge in [-0.3, -0.25) is 0 Å². The summed E-state index contributed by atoms with van der Waals surface area (Å²) < 4.78 is 4.90. The van der Waals surface area contributed by atoms with Crippen LogP contribution in [-0.4, -0.2) is 13.0 Å². The molecule has 0 N–H and O–H groups in total. The summed E-state index contributed by atoms with van der Waals surface area (Å²) in [5.74, 6) is 4.78. The zero-order valence-corrected chi connectivity index (χ0v) is 6.95. The Bertz CT molecular complexity index is 221. The monoisotopic (exact) mass is 162 g/mol. The molecule has 12 heavy (non-hydrogen) atoms. The van der Waals surface area contributed by atoms with Crippen molar-refractivity contribution in [3.8, 4) is 17.9 Å². The average molecular weight is 162 g/mol. The van der Waals surface area contributed by atoms with Crippen LogP contribution in [0.25, 0.3) is 0 Å². The van der Waals surface area contributed by atoms with Gasteiger partial charge in [0.05, 0.1) is 0 Å². The van der Waals surface area contributed by atoms with E-state index >= 15 is 0 Å². The fourth-order valence-electron chi connectivity index (χ4n) is 0.603. The van der Waals surface area contributed by atoms with E-state index in [1.807, 2.05) is 6.92 Å². The standard InChI is InChI=1S/C7H9BN3O/c1-2-3-4-12-8(5-9,6-10)7-11/h2-4H2,1H3/q-1. The number of nitrogens with zero attached hydrogens (tertiary/aromatic N) is 3. The molecule has 0 radical (unpaired) electrons. The molecule has 0 unspecified atom stereocenters. The van der Waals surface area contributed by atoms with Crippen molar-refractivity contribution in [2.24, 2.45) is 0 Å². The molecular formula is C7H9BN3O-. The minimum Gasteiger partial charge on any atom is -0.557 e. The summed E-state index contributed by atoms with van der Waals surface area (Å²) in [6.45, 7) is 2.26. The third-order valence-electron chi connectivity index (χ3n) is 1.41. The van der Waals surface area contributed by atoms with Crippen LogP contribution < -0.4 is 0 Å². The minimum absolute atomic E-state index is 0.297. The Balaban J connectivity index is 4.11. The molecule has 0 spiro atoms.